The van der Waals surface area contributed by atoms with Crippen LogP contribution in [0.1, 0.15) is 55.5 Å². The van der Waals surface area contributed by atoms with Gasteiger partial charge in [0, 0.05) is 12.2 Å². The van der Waals surface area contributed by atoms with Gasteiger partial charge in [-0.2, -0.15) is 5.10 Å². The average Bonchev–Trinajstić information content (AvgIpc) is 3.04. The molecule has 112 valence electrons. The van der Waals surface area contributed by atoms with Gasteiger partial charge >= 0.3 is 0 Å². The van der Waals surface area contributed by atoms with Crippen molar-refractivity contribution in [2.24, 2.45) is 0 Å². The van der Waals surface area contributed by atoms with Crippen molar-refractivity contribution in [3.63, 3.8) is 0 Å². The number of H-pyrrole nitrogens is 1. The van der Waals surface area contributed by atoms with Crippen LogP contribution >= 0.6 is 0 Å². The van der Waals surface area contributed by atoms with Gasteiger partial charge in [-0.3, -0.25) is 5.10 Å². The van der Waals surface area contributed by atoms with E-state index in [2.05, 4.69) is 20.4 Å². The molecule has 4 heteroatoms. The zero-order valence-electron chi connectivity index (χ0n) is 12.6. The smallest absolute Gasteiger partial charge is 0.0794 e. The summed E-state index contributed by atoms with van der Waals surface area (Å²) in [5.41, 5.74) is 4.17. The van der Waals surface area contributed by atoms with Crippen LogP contribution in [0.2, 0.25) is 0 Å². The van der Waals surface area contributed by atoms with Crippen molar-refractivity contribution in [2.75, 3.05) is 26.2 Å². The summed E-state index contributed by atoms with van der Waals surface area (Å²) in [5, 5.41) is 11.3. The van der Waals surface area contributed by atoms with E-state index in [9.17, 15) is 0 Å². The highest BCUT2D eigenvalue weighted by Crippen LogP contribution is 2.21. The molecule has 2 N–H and O–H groups in total. The van der Waals surface area contributed by atoms with Gasteiger partial charge in [-0.15, -0.1) is 0 Å². The second kappa shape index (κ2) is 7.23. The lowest BCUT2D eigenvalue weighted by atomic mass is 10.1. The van der Waals surface area contributed by atoms with Crippen LogP contribution < -0.4 is 5.32 Å². The first-order valence-electron chi connectivity index (χ1n) is 8.41. The molecule has 0 radical (unpaired) electrons. The lowest BCUT2D eigenvalue weighted by Crippen LogP contribution is -2.25. The maximum absolute atomic E-state index is 4.52. The number of aromatic nitrogens is 2. The monoisotopic (exact) mass is 276 g/mol. The first-order valence-corrected chi connectivity index (χ1v) is 8.41. The fourth-order valence-electron chi connectivity index (χ4n) is 3.51. The topological polar surface area (TPSA) is 44.0 Å². The van der Waals surface area contributed by atoms with Gasteiger partial charge in [-0.25, -0.2) is 0 Å². The molecule has 1 aromatic rings. The van der Waals surface area contributed by atoms with Crippen LogP contribution in [0, 0.1) is 0 Å². The molecule has 0 unspecified atom stereocenters. The molecule has 2 aliphatic rings. The summed E-state index contributed by atoms with van der Waals surface area (Å²) in [6.07, 6.45) is 10.5. The number of nitrogens with zero attached hydrogens (tertiary/aromatic N) is 2. The van der Waals surface area contributed by atoms with Gasteiger partial charge in [-0.05, 0) is 76.7 Å². The Morgan fingerprint density at radius 3 is 2.80 bits per heavy atom. The molecule has 20 heavy (non-hydrogen) atoms. The largest absolute Gasteiger partial charge is 0.311 e. The molecule has 1 fully saturated rings. The highest BCUT2D eigenvalue weighted by Gasteiger charge is 2.15. The van der Waals surface area contributed by atoms with Crippen LogP contribution in [-0.2, 0) is 19.4 Å². The van der Waals surface area contributed by atoms with Crippen molar-refractivity contribution in [2.45, 2.75) is 57.9 Å². The molecule has 1 aliphatic heterocycles. The third kappa shape index (κ3) is 3.61. The molecule has 0 bridgehead atoms. The lowest BCUT2D eigenvalue weighted by Gasteiger charge is -2.14. The van der Waals surface area contributed by atoms with Crippen molar-refractivity contribution >= 4 is 0 Å². The maximum atomic E-state index is 4.52. The van der Waals surface area contributed by atoms with Crippen LogP contribution in [0.15, 0.2) is 0 Å². The number of rotatable bonds is 6. The molecule has 1 aliphatic carbocycles. The molecule has 3 rings (SSSR count). The normalized spacial score (nSPS) is 20.0. The molecule has 2 heterocycles. The average molecular weight is 276 g/mol. The zero-order chi connectivity index (χ0) is 13.6. The van der Waals surface area contributed by atoms with Crippen LogP contribution in [-0.4, -0.2) is 41.3 Å². The predicted octanol–water partition coefficient (Wildman–Crippen LogP) is 2.25. The quantitative estimate of drug-likeness (QED) is 0.619. The number of hydrogen-bond donors (Lipinski definition) is 2. The highest BCUT2D eigenvalue weighted by atomic mass is 15.1. The second-order valence-corrected chi connectivity index (χ2v) is 6.27. The molecule has 0 amide bonds. The number of fused-ring (bicyclic) bond motifs is 1. The van der Waals surface area contributed by atoms with Gasteiger partial charge < -0.3 is 10.2 Å². The molecule has 0 atom stereocenters. The van der Waals surface area contributed by atoms with Crippen molar-refractivity contribution in [3.8, 4) is 0 Å². The van der Waals surface area contributed by atoms with Gasteiger partial charge in [0.1, 0.15) is 0 Å². The number of nitrogens with one attached hydrogen (secondary N) is 2. The third-order valence-corrected chi connectivity index (χ3v) is 4.71. The van der Waals surface area contributed by atoms with E-state index >= 15 is 0 Å². The molecule has 1 aromatic heterocycles. The highest BCUT2D eigenvalue weighted by molar-refractivity contribution is 5.26. The first-order chi connectivity index (χ1) is 9.93. The second-order valence-electron chi connectivity index (χ2n) is 6.27. The van der Waals surface area contributed by atoms with E-state index in [1.165, 1.54) is 88.0 Å². The Kier molecular flexibility index (Phi) is 5.09. The Labute approximate surface area is 122 Å². The standard InChI is InChI=1S/C16H28N4/c1-2-7-14-15(8-3-1)18-19-16(14)13-17-9-6-12-20-10-4-5-11-20/h17H,1-13H2,(H,18,19). The summed E-state index contributed by atoms with van der Waals surface area (Å²) in [6.45, 7) is 5.93. The summed E-state index contributed by atoms with van der Waals surface area (Å²) in [5.74, 6) is 0. The Morgan fingerprint density at radius 2 is 1.90 bits per heavy atom. The van der Waals surface area contributed by atoms with E-state index in [1.807, 2.05) is 0 Å². The van der Waals surface area contributed by atoms with Crippen LogP contribution in [0.5, 0.6) is 0 Å². The summed E-state index contributed by atoms with van der Waals surface area (Å²) < 4.78 is 0. The van der Waals surface area contributed by atoms with Crippen LogP contribution in [0.4, 0.5) is 0 Å². The molecule has 0 saturated carbocycles. The molecule has 0 aromatic carbocycles. The summed E-state index contributed by atoms with van der Waals surface area (Å²) >= 11 is 0. The van der Waals surface area contributed by atoms with E-state index in [0.717, 1.165) is 13.1 Å². The first kappa shape index (κ1) is 14.1. The summed E-state index contributed by atoms with van der Waals surface area (Å²) in [7, 11) is 0. The van der Waals surface area contributed by atoms with Crippen LogP contribution in [0.3, 0.4) is 0 Å². The number of aryl methyl sites for hydroxylation is 1. The Hall–Kier alpha value is -0.870. The summed E-state index contributed by atoms with van der Waals surface area (Å²) in [6, 6.07) is 0. The van der Waals surface area contributed by atoms with E-state index in [4.69, 9.17) is 0 Å². The number of aromatic amines is 1. The minimum absolute atomic E-state index is 0.936. The van der Waals surface area contributed by atoms with E-state index in [-0.39, 0.29) is 0 Å². The van der Waals surface area contributed by atoms with E-state index in [1.54, 1.807) is 0 Å². The SMILES string of the molecule is C1CCc2[nH]nc(CNCCCN3CCCC3)c2CC1. The number of likely N-dealkylation sites (tertiary alicyclic amines) is 1. The number of hydrogen-bond acceptors (Lipinski definition) is 3. The fraction of sp³-hybridized carbons (Fsp3) is 0.812. The molecule has 4 nitrogen and oxygen atoms in total. The molecular weight excluding hydrogens is 248 g/mol. The van der Waals surface area contributed by atoms with Crippen molar-refractivity contribution in [1.82, 2.24) is 20.4 Å². The summed E-state index contributed by atoms with van der Waals surface area (Å²) in [4.78, 5) is 2.59. The molecule has 0 spiro atoms. The van der Waals surface area contributed by atoms with Crippen LogP contribution in [0.25, 0.3) is 0 Å². The van der Waals surface area contributed by atoms with E-state index in [0.29, 0.717) is 0 Å². The van der Waals surface area contributed by atoms with Crippen molar-refractivity contribution in [1.29, 1.82) is 0 Å². The Bertz CT molecular complexity index is 407. The molecule has 1 saturated heterocycles. The van der Waals surface area contributed by atoms with Crippen molar-refractivity contribution < 1.29 is 0 Å². The van der Waals surface area contributed by atoms with Gasteiger partial charge in [-0.1, -0.05) is 6.42 Å². The van der Waals surface area contributed by atoms with Crippen molar-refractivity contribution in [3.05, 3.63) is 17.0 Å². The molecular formula is C16H28N4. The Morgan fingerprint density at radius 1 is 1.05 bits per heavy atom. The predicted molar refractivity (Wildman–Crippen MR) is 81.8 cm³/mol. The fourth-order valence-corrected chi connectivity index (χ4v) is 3.51. The minimum atomic E-state index is 0.936. The van der Waals surface area contributed by atoms with Gasteiger partial charge in [0.2, 0.25) is 0 Å². The zero-order valence-corrected chi connectivity index (χ0v) is 12.6. The third-order valence-electron chi connectivity index (χ3n) is 4.71. The maximum Gasteiger partial charge on any atom is 0.0794 e. The van der Waals surface area contributed by atoms with E-state index < -0.39 is 0 Å². The van der Waals surface area contributed by atoms with Gasteiger partial charge in [0.15, 0.2) is 0 Å². The minimum Gasteiger partial charge on any atom is -0.311 e. The van der Waals surface area contributed by atoms with Gasteiger partial charge in [0.05, 0.1) is 5.69 Å². The lowest BCUT2D eigenvalue weighted by molar-refractivity contribution is 0.331. The van der Waals surface area contributed by atoms with Gasteiger partial charge in [0.25, 0.3) is 0 Å². The Balaban J connectivity index is 1.39.